The van der Waals surface area contributed by atoms with Crippen molar-refractivity contribution in [2.75, 3.05) is 10.6 Å². The van der Waals surface area contributed by atoms with Gasteiger partial charge >= 0.3 is 5.97 Å². The van der Waals surface area contributed by atoms with Crippen LogP contribution in [0.25, 0.3) is 0 Å². The van der Waals surface area contributed by atoms with E-state index in [-0.39, 0.29) is 23.8 Å². The summed E-state index contributed by atoms with van der Waals surface area (Å²) >= 11 is 0. The van der Waals surface area contributed by atoms with Crippen LogP contribution in [0.4, 0.5) is 20.2 Å². The van der Waals surface area contributed by atoms with Gasteiger partial charge in [0.15, 0.2) is 11.6 Å². The number of carbonyl (C=O) groups excluding carboxylic acids is 1. The number of carbonyl (C=O) groups is 2. The van der Waals surface area contributed by atoms with Crippen molar-refractivity contribution in [3.8, 4) is 0 Å². The number of nitrogens with one attached hydrogen (secondary N) is 3. The molecule has 2 saturated carbocycles. The molecule has 2 aromatic carbocycles. The van der Waals surface area contributed by atoms with E-state index in [4.69, 9.17) is 0 Å². The molecule has 1 heterocycles. The summed E-state index contributed by atoms with van der Waals surface area (Å²) in [6.45, 7) is 1.99. The number of halogens is 2. The maximum Gasteiger partial charge on any atom is 0.306 e. The summed E-state index contributed by atoms with van der Waals surface area (Å²) in [5, 5.41) is 19.5. The van der Waals surface area contributed by atoms with E-state index in [1.165, 1.54) is 0 Å². The predicted molar refractivity (Wildman–Crippen MR) is 138 cm³/mol. The Hall–Kier alpha value is -3.16. The van der Waals surface area contributed by atoms with Gasteiger partial charge in [0.1, 0.15) is 5.66 Å². The summed E-state index contributed by atoms with van der Waals surface area (Å²) in [7, 11) is 0. The molecule has 0 radical (unpaired) electrons. The number of carboxylic acids is 1. The van der Waals surface area contributed by atoms with Crippen LogP contribution in [0.5, 0.6) is 0 Å². The molecule has 3 aliphatic rings. The highest BCUT2D eigenvalue weighted by Crippen LogP contribution is 2.49. The van der Waals surface area contributed by atoms with Gasteiger partial charge in [0.05, 0.1) is 23.2 Å². The van der Waals surface area contributed by atoms with Gasteiger partial charge in [0, 0.05) is 18.2 Å². The maximum absolute atomic E-state index is 14.2. The molecule has 1 atom stereocenters. The van der Waals surface area contributed by atoms with Crippen LogP contribution in [0.1, 0.15) is 68.9 Å². The molecule has 37 heavy (non-hydrogen) atoms. The lowest BCUT2D eigenvalue weighted by Crippen LogP contribution is -2.57. The molecular weight excluding hydrogens is 476 g/mol. The summed E-state index contributed by atoms with van der Waals surface area (Å²) in [6, 6.07) is 10.1. The molecule has 1 amide bonds. The van der Waals surface area contributed by atoms with Gasteiger partial charge in [-0.1, -0.05) is 49.1 Å². The maximum atomic E-state index is 14.2. The number of amides is 1. The molecule has 0 aromatic heterocycles. The molecule has 2 aliphatic carbocycles. The first-order chi connectivity index (χ1) is 17.8. The molecule has 0 spiro atoms. The molecule has 2 aromatic rings. The van der Waals surface area contributed by atoms with Gasteiger partial charge in [0.2, 0.25) is 5.91 Å². The standard InChI is InChI=1S/C29H35F2N3O3/c1-17-7-11-20(12-8-17)29(33-24-15-22(30)23(31)16-25(24)34-29)26(18-5-3-2-4-6-18)27(35)32-21-13-9-19(10-14-21)28(36)37/h7-8,11-12,15-16,18-19,21,26,33-34H,2-6,9-10,13-14H2,1H3,(H,32,35)(H,36,37). The fraction of sp³-hybridized carbons (Fsp3) is 0.517. The van der Waals surface area contributed by atoms with E-state index in [2.05, 4.69) is 16.0 Å². The molecule has 4 N–H and O–H groups in total. The second kappa shape index (κ2) is 10.3. The highest BCUT2D eigenvalue weighted by Gasteiger charge is 2.52. The molecule has 6 nitrogen and oxygen atoms in total. The largest absolute Gasteiger partial charge is 0.481 e. The fourth-order valence-electron chi connectivity index (χ4n) is 6.51. The Balaban J connectivity index is 1.52. The number of benzene rings is 2. The Labute approximate surface area is 216 Å². The van der Waals surface area contributed by atoms with Crippen molar-refractivity contribution in [1.29, 1.82) is 0 Å². The van der Waals surface area contributed by atoms with Crippen molar-refractivity contribution in [2.24, 2.45) is 17.8 Å². The highest BCUT2D eigenvalue weighted by molar-refractivity contribution is 5.86. The normalized spacial score (nSPS) is 23.9. The predicted octanol–water partition coefficient (Wildman–Crippen LogP) is 5.92. The minimum Gasteiger partial charge on any atom is -0.481 e. The van der Waals surface area contributed by atoms with Crippen LogP contribution in [0.15, 0.2) is 36.4 Å². The number of fused-ring (bicyclic) bond motifs is 1. The van der Waals surface area contributed by atoms with E-state index in [1.54, 1.807) is 0 Å². The van der Waals surface area contributed by atoms with Crippen LogP contribution < -0.4 is 16.0 Å². The number of hydrogen-bond acceptors (Lipinski definition) is 4. The number of carboxylic acid groups (broad SMARTS) is 1. The Morgan fingerprint density at radius 2 is 1.49 bits per heavy atom. The van der Waals surface area contributed by atoms with Crippen molar-refractivity contribution in [3.05, 3.63) is 59.2 Å². The molecule has 1 aliphatic heterocycles. The van der Waals surface area contributed by atoms with E-state index in [1.807, 2.05) is 31.2 Å². The van der Waals surface area contributed by atoms with E-state index in [0.29, 0.717) is 37.1 Å². The van der Waals surface area contributed by atoms with Crippen molar-refractivity contribution >= 4 is 23.3 Å². The molecule has 0 bridgehead atoms. The molecule has 198 valence electrons. The second-order valence-electron chi connectivity index (χ2n) is 11.0. The summed E-state index contributed by atoms with van der Waals surface area (Å²) in [6.07, 6.45) is 7.27. The lowest BCUT2D eigenvalue weighted by atomic mass is 9.71. The van der Waals surface area contributed by atoms with E-state index in [9.17, 15) is 23.5 Å². The van der Waals surface area contributed by atoms with Crippen LogP contribution in [-0.4, -0.2) is 23.0 Å². The zero-order chi connectivity index (χ0) is 26.2. The van der Waals surface area contributed by atoms with Gasteiger partial charge in [-0.3, -0.25) is 9.59 Å². The zero-order valence-corrected chi connectivity index (χ0v) is 21.2. The van der Waals surface area contributed by atoms with Gasteiger partial charge < -0.3 is 21.1 Å². The monoisotopic (exact) mass is 511 g/mol. The Morgan fingerprint density at radius 1 is 0.919 bits per heavy atom. The van der Waals surface area contributed by atoms with Gasteiger partial charge in [-0.15, -0.1) is 0 Å². The summed E-state index contributed by atoms with van der Waals surface area (Å²) in [4.78, 5) is 25.6. The third-order valence-electron chi connectivity index (χ3n) is 8.52. The summed E-state index contributed by atoms with van der Waals surface area (Å²) in [5.74, 6) is -3.62. The van der Waals surface area contributed by atoms with Gasteiger partial charge in [-0.25, -0.2) is 8.78 Å². The Bertz CT molecular complexity index is 1120. The van der Waals surface area contributed by atoms with Crippen LogP contribution in [0.2, 0.25) is 0 Å². The number of anilines is 2. The second-order valence-corrected chi connectivity index (χ2v) is 11.0. The van der Waals surface area contributed by atoms with Gasteiger partial charge in [-0.2, -0.15) is 0 Å². The Morgan fingerprint density at radius 3 is 2.03 bits per heavy atom. The number of rotatable bonds is 6. The first kappa shape index (κ1) is 25.5. The minimum absolute atomic E-state index is 0.0643. The lowest BCUT2D eigenvalue weighted by Gasteiger charge is -2.44. The molecule has 2 fully saturated rings. The minimum atomic E-state index is -1.08. The molecular formula is C29H35F2N3O3. The topological polar surface area (TPSA) is 90.5 Å². The van der Waals surface area contributed by atoms with Crippen molar-refractivity contribution < 1.29 is 23.5 Å². The molecule has 5 rings (SSSR count). The average Bonchev–Trinajstić information content (AvgIpc) is 3.24. The molecule has 1 unspecified atom stereocenters. The third-order valence-corrected chi connectivity index (χ3v) is 8.52. The highest BCUT2D eigenvalue weighted by atomic mass is 19.2. The van der Waals surface area contributed by atoms with E-state index >= 15 is 0 Å². The van der Waals surface area contributed by atoms with Crippen LogP contribution in [0, 0.1) is 36.3 Å². The first-order valence-corrected chi connectivity index (χ1v) is 13.4. The zero-order valence-electron chi connectivity index (χ0n) is 21.2. The van der Waals surface area contributed by atoms with Crippen LogP contribution >= 0.6 is 0 Å². The van der Waals surface area contributed by atoms with Crippen molar-refractivity contribution in [1.82, 2.24) is 5.32 Å². The number of aryl methyl sites for hydroxylation is 1. The van der Waals surface area contributed by atoms with Gasteiger partial charge in [0.25, 0.3) is 0 Å². The van der Waals surface area contributed by atoms with Crippen molar-refractivity contribution in [3.63, 3.8) is 0 Å². The Kier molecular flexibility index (Phi) is 7.10. The van der Waals surface area contributed by atoms with Crippen LogP contribution in [0.3, 0.4) is 0 Å². The average molecular weight is 512 g/mol. The smallest absolute Gasteiger partial charge is 0.306 e. The molecule has 8 heteroatoms. The fourth-order valence-corrected chi connectivity index (χ4v) is 6.51. The SMILES string of the molecule is Cc1ccc(C2(C(C(=O)NC3CCC(C(=O)O)CC3)C3CCCCC3)Nc3cc(F)c(F)cc3N2)cc1. The molecule has 0 saturated heterocycles. The first-order valence-electron chi connectivity index (χ1n) is 13.4. The van der Waals surface area contributed by atoms with Gasteiger partial charge in [-0.05, 0) is 56.9 Å². The third kappa shape index (κ3) is 5.03. The quantitative estimate of drug-likeness (QED) is 0.387. The van der Waals surface area contributed by atoms with Crippen molar-refractivity contribution in [2.45, 2.75) is 76.4 Å². The van der Waals surface area contributed by atoms with Crippen LogP contribution in [-0.2, 0) is 15.3 Å². The summed E-state index contributed by atoms with van der Waals surface area (Å²) in [5.41, 5.74) is 1.67. The lowest BCUT2D eigenvalue weighted by molar-refractivity contribution is -0.142. The number of aliphatic carboxylic acids is 1. The number of hydrogen-bond donors (Lipinski definition) is 4. The van der Waals surface area contributed by atoms with E-state index < -0.39 is 29.2 Å². The van der Waals surface area contributed by atoms with E-state index in [0.717, 1.165) is 55.4 Å². The summed E-state index contributed by atoms with van der Waals surface area (Å²) < 4.78 is 28.5.